The number of halogens is 3. The Labute approximate surface area is 120 Å². The molecule has 1 aromatic rings. The molecule has 2 nitrogen and oxygen atoms in total. The van der Waals surface area contributed by atoms with E-state index in [9.17, 15) is 9.18 Å². The van der Waals surface area contributed by atoms with Crippen LogP contribution in [0.5, 0.6) is 0 Å². The summed E-state index contributed by atoms with van der Waals surface area (Å²) in [6.45, 7) is 4.68. The number of carbonyl (C=O) groups excluding carboxylic acids is 1. The zero-order chi connectivity index (χ0) is 13.8. The maximum Gasteiger partial charge on any atom is 0.251 e. The van der Waals surface area contributed by atoms with Crippen LogP contribution in [0.3, 0.4) is 0 Å². The van der Waals surface area contributed by atoms with Crippen molar-refractivity contribution in [3.05, 3.63) is 34.6 Å². The highest BCUT2D eigenvalue weighted by Gasteiger charge is 2.18. The fraction of sp³-hybridized carbons (Fsp3) is 0.462. The zero-order valence-corrected chi connectivity index (χ0v) is 12.7. The number of alkyl halides is 1. The summed E-state index contributed by atoms with van der Waals surface area (Å²) in [7, 11) is 0. The Hall–Kier alpha value is -0.610. The summed E-state index contributed by atoms with van der Waals surface area (Å²) in [5, 5.41) is 3.70. The molecule has 0 fully saturated rings. The van der Waals surface area contributed by atoms with Gasteiger partial charge in [0.15, 0.2) is 0 Å². The minimum Gasteiger partial charge on any atom is -0.352 e. The Kier molecular flexibility index (Phi) is 5.60. The first kappa shape index (κ1) is 15.4. The van der Waals surface area contributed by atoms with Gasteiger partial charge in [-0.2, -0.15) is 0 Å². The molecule has 0 aromatic heterocycles. The number of carbonyl (C=O) groups is 1. The van der Waals surface area contributed by atoms with Gasteiger partial charge in [0.1, 0.15) is 5.82 Å². The Bertz CT molecular complexity index is 437. The number of benzene rings is 1. The van der Waals surface area contributed by atoms with Gasteiger partial charge in [0, 0.05) is 17.4 Å². The van der Waals surface area contributed by atoms with Gasteiger partial charge >= 0.3 is 0 Å². The molecule has 0 atom stereocenters. The van der Waals surface area contributed by atoms with Crippen LogP contribution in [0.25, 0.3) is 0 Å². The fourth-order valence-corrected chi connectivity index (χ4v) is 2.59. The van der Waals surface area contributed by atoms with E-state index in [1.807, 2.05) is 0 Å². The first-order valence-corrected chi connectivity index (χ1v) is 7.15. The molecule has 1 rings (SSSR count). The van der Waals surface area contributed by atoms with Crippen LogP contribution in [0.2, 0.25) is 5.02 Å². The fourth-order valence-electron chi connectivity index (χ4n) is 1.40. The Balaban J connectivity index is 2.63. The van der Waals surface area contributed by atoms with E-state index in [1.54, 1.807) is 0 Å². The second kappa shape index (κ2) is 6.53. The quantitative estimate of drug-likeness (QED) is 0.808. The Morgan fingerprint density at radius 3 is 2.72 bits per heavy atom. The number of nitrogens with one attached hydrogen (secondary N) is 1. The highest BCUT2D eigenvalue weighted by Crippen LogP contribution is 2.20. The molecule has 0 spiro atoms. The predicted octanol–water partition coefficient (Wildman–Crippen LogP) is 4.02. The summed E-state index contributed by atoms with van der Waals surface area (Å²) < 4.78 is 13.2. The van der Waals surface area contributed by atoms with Crippen molar-refractivity contribution in [1.82, 2.24) is 5.32 Å². The lowest BCUT2D eigenvalue weighted by molar-refractivity contribution is 0.0935. The molecule has 1 N–H and O–H groups in total. The second-order valence-electron chi connectivity index (χ2n) is 4.91. The molecule has 0 saturated heterocycles. The van der Waals surface area contributed by atoms with Crippen LogP contribution in [-0.4, -0.2) is 17.8 Å². The molecule has 0 bridgehead atoms. The van der Waals surface area contributed by atoms with Crippen molar-refractivity contribution < 1.29 is 9.18 Å². The maximum absolute atomic E-state index is 13.2. The van der Waals surface area contributed by atoms with Crippen molar-refractivity contribution in [2.45, 2.75) is 20.3 Å². The van der Waals surface area contributed by atoms with Crippen LogP contribution in [0.4, 0.5) is 4.39 Å². The van der Waals surface area contributed by atoms with Crippen molar-refractivity contribution in [1.29, 1.82) is 0 Å². The van der Waals surface area contributed by atoms with Gasteiger partial charge in [-0.05, 0) is 30.0 Å². The second-order valence-corrected chi connectivity index (χ2v) is 6.11. The van der Waals surface area contributed by atoms with E-state index >= 15 is 0 Å². The van der Waals surface area contributed by atoms with E-state index in [1.165, 1.54) is 12.1 Å². The number of hydrogen-bond donors (Lipinski definition) is 1. The monoisotopic (exact) mass is 335 g/mol. The Morgan fingerprint density at radius 1 is 1.50 bits per heavy atom. The third-order valence-electron chi connectivity index (χ3n) is 2.68. The van der Waals surface area contributed by atoms with Gasteiger partial charge in [0.05, 0.1) is 5.02 Å². The summed E-state index contributed by atoms with van der Waals surface area (Å²) in [6, 6.07) is 4.04. The van der Waals surface area contributed by atoms with Gasteiger partial charge in [-0.1, -0.05) is 41.4 Å². The van der Waals surface area contributed by atoms with E-state index in [4.69, 9.17) is 11.6 Å². The smallest absolute Gasteiger partial charge is 0.251 e. The third kappa shape index (κ3) is 4.58. The summed E-state index contributed by atoms with van der Waals surface area (Å²) in [6.07, 6.45) is 0.947. The molecule has 0 aliphatic carbocycles. The topological polar surface area (TPSA) is 29.1 Å². The molecule has 0 heterocycles. The van der Waals surface area contributed by atoms with Crippen molar-refractivity contribution in [2.24, 2.45) is 5.41 Å². The van der Waals surface area contributed by atoms with Gasteiger partial charge in [-0.15, -0.1) is 0 Å². The van der Waals surface area contributed by atoms with Crippen LogP contribution >= 0.6 is 27.5 Å². The van der Waals surface area contributed by atoms with E-state index < -0.39 is 5.82 Å². The minimum absolute atomic E-state index is 0.00410. The van der Waals surface area contributed by atoms with E-state index in [0.717, 1.165) is 17.8 Å². The van der Waals surface area contributed by atoms with E-state index in [2.05, 4.69) is 35.1 Å². The average molecular weight is 337 g/mol. The van der Waals surface area contributed by atoms with Crippen LogP contribution < -0.4 is 5.32 Å². The van der Waals surface area contributed by atoms with Gasteiger partial charge in [-0.3, -0.25) is 4.79 Å². The third-order valence-corrected chi connectivity index (χ3v) is 3.38. The molecule has 0 aliphatic heterocycles. The summed E-state index contributed by atoms with van der Waals surface area (Å²) >= 11 is 8.94. The molecule has 1 amide bonds. The Morgan fingerprint density at radius 2 is 2.17 bits per heavy atom. The summed E-state index contributed by atoms with van der Waals surface area (Å²) in [5.41, 5.74) is 0.288. The van der Waals surface area contributed by atoms with Crippen molar-refractivity contribution in [3.8, 4) is 0 Å². The van der Waals surface area contributed by atoms with Gasteiger partial charge in [0.2, 0.25) is 0 Å². The standard InChI is InChI=1S/C13H16BrClFNO/c1-13(2,5-6-14)8-17-12(18)9-3-4-10(15)11(16)7-9/h3-4,7H,5-6,8H2,1-2H3,(H,17,18). The molecule has 0 aliphatic rings. The molecular formula is C13H16BrClFNO. The van der Waals surface area contributed by atoms with Crippen molar-refractivity contribution in [3.63, 3.8) is 0 Å². The highest BCUT2D eigenvalue weighted by molar-refractivity contribution is 9.09. The van der Waals surface area contributed by atoms with Crippen LogP contribution in [-0.2, 0) is 0 Å². The van der Waals surface area contributed by atoms with E-state index in [-0.39, 0.29) is 21.9 Å². The molecule has 18 heavy (non-hydrogen) atoms. The minimum atomic E-state index is -0.580. The number of rotatable bonds is 5. The SMILES string of the molecule is CC(C)(CCBr)CNC(=O)c1ccc(Cl)c(F)c1. The lowest BCUT2D eigenvalue weighted by Crippen LogP contribution is -2.34. The van der Waals surface area contributed by atoms with Crippen molar-refractivity contribution >= 4 is 33.4 Å². The van der Waals surface area contributed by atoms with Gasteiger partial charge in [0.25, 0.3) is 5.91 Å². The van der Waals surface area contributed by atoms with Crippen LogP contribution in [0, 0.1) is 11.2 Å². The first-order chi connectivity index (χ1) is 8.35. The first-order valence-electron chi connectivity index (χ1n) is 5.65. The number of hydrogen-bond acceptors (Lipinski definition) is 1. The van der Waals surface area contributed by atoms with Crippen LogP contribution in [0.1, 0.15) is 30.6 Å². The average Bonchev–Trinajstić information content (AvgIpc) is 2.30. The molecule has 5 heteroatoms. The largest absolute Gasteiger partial charge is 0.352 e. The molecule has 100 valence electrons. The van der Waals surface area contributed by atoms with Crippen molar-refractivity contribution in [2.75, 3.05) is 11.9 Å². The molecule has 0 radical (unpaired) electrons. The number of amides is 1. The zero-order valence-electron chi connectivity index (χ0n) is 10.4. The molecular weight excluding hydrogens is 321 g/mol. The molecule has 0 saturated carbocycles. The summed E-state index contributed by atoms with van der Waals surface area (Å²) in [4.78, 5) is 11.8. The molecule has 1 aromatic carbocycles. The maximum atomic E-state index is 13.2. The van der Waals surface area contributed by atoms with Gasteiger partial charge in [-0.25, -0.2) is 4.39 Å². The van der Waals surface area contributed by atoms with Crippen LogP contribution in [0.15, 0.2) is 18.2 Å². The molecule has 0 unspecified atom stereocenters. The predicted molar refractivity (Wildman–Crippen MR) is 75.9 cm³/mol. The van der Waals surface area contributed by atoms with Gasteiger partial charge < -0.3 is 5.32 Å². The lowest BCUT2D eigenvalue weighted by atomic mass is 9.90. The highest BCUT2D eigenvalue weighted by atomic mass is 79.9. The normalized spacial score (nSPS) is 11.4. The summed E-state index contributed by atoms with van der Waals surface area (Å²) in [5.74, 6) is -0.864. The van der Waals surface area contributed by atoms with E-state index in [0.29, 0.717) is 6.54 Å². The lowest BCUT2D eigenvalue weighted by Gasteiger charge is -2.23.